The van der Waals surface area contributed by atoms with Crippen LogP contribution in [-0.4, -0.2) is 22.0 Å². The van der Waals surface area contributed by atoms with Crippen LogP contribution in [0.25, 0.3) is 0 Å². The lowest BCUT2D eigenvalue weighted by atomic mass is 10.1. The van der Waals surface area contributed by atoms with Crippen molar-refractivity contribution in [2.24, 2.45) is 0 Å². The number of nitrogens with one attached hydrogen (secondary N) is 1. The van der Waals surface area contributed by atoms with Gasteiger partial charge >= 0.3 is 11.7 Å². The Labute approximate surface area is 115 Å². The second-order valence-electron chi connectivity index (χ2n) is 4.12. The van der Waals surface area contributed by atoms with E-state index in [4.69, 9.17) is 16.7 Å². The number of halogens is 1. The fourth-order valence-corrected chi connectivity index (χ4v) is 2.07. The molecule has 0 bridgehead atoms. The normalized spacial score (nSPS) is 11.9. The molecule has 1 aromatic carbocycles. The highest BCUT2D eigenvalue weighted by molar-refractivity contribution is 6.33. The van der Waals surface area contributed by atoms with Gasteiger partial charge in [0, 0.05) is 6.04 Å². The topological polar surface area (TPSA) is 92.5 Å². The number of nitrogens with zero attached hydrogens (tertiary/aromatic N) is 1. The van der Waals surface area contributed by atoms with Crippen LogP contribution in [0.2, 0.25) is 5.02 Å². The molecule has 0 aliphatic rings. The number of benzene rings is 1. The van der Waals surface area contributed by atoms with E-state index in [2.05, 4.69) is 5.32 Å². The van der Waals surface area contributed by atoms with Crippen molar-refractivity contribution in [3.05, 3.63) is 33.3 Å². The minimum Gasteiger partial charge on any atom is -0.481 e. The van der Waals surface area contributed by atoms with E-state index in [0.717, 1.165) is 6.42 Å². The molecule has 1 unspecified atom stereocenters. The van der Waals surface area contributed by atoms with Gasteiger partial charge in [-0.05, 0) is 18.6 Å². The first-order valence-corrected chi connectivity index (χ1v) is 6.24. The van der Waals surface area contributed by atoms with Crippen molar-refractivity contribution >= 4 is 28.9 Å². The summed E-state index contributed by atoms with van der Waals surface area (Å²) in [5.74, 6) is -0.948. The standard InChI is InChI=1S/C12H15ClN2O4/c1-2-4-8(7-11(16)17)14-10-6-3-5-9(13)12(10)15(18)19/h3,5-6,8,14H,2,4,7H2,1H3,(H,16,17). The number of nitro benzene ring substituents is 1. The summed E-state index contributed by atoms with van der Waals surface area (Å²) in [6.45, 7) is 1.92. The molecule has 0 spiro atoms. The van der Waals surface area contributed by atoms with Gasteiger partial charge in [-0.25, -0.2) is 0 Å². The van der Waals surface area contributed by atoms with Crippen LogP contribution < -0.4 is 5.32 Å². The van der Waals surface area contributed by atoms with E-state index in [9.17, 15) is 14.9 Å². The summed E-state index contributed by atoms with van der Waals surface area (Å²) in [6, 6.07) is 4.17. The van der Waals surface area contributed by atoms with E-state index >= 15 is 0 Å². The minimum atomic E-state index is -0.948. The number of carboxylic acid groups (broad SMARTS) is 1. The summed E-state index contributed by atoms with van der Waals surface area (Å²) < 4.78 is 0. The molecule has 2 N–H and O–H groups in total. The predicted molar refractivity (Wildman–Crippen MR) is 72.7 cm³/mol. The number of hydrogen-bond donors (Lipinski definition) is 2. The zero-order valence-corrected chi connectivity index (χ0v) is 11.2. The lowest BCUT2D eigenvalue weighted by molar-refractivity contribution is -0.383. The fourth-order valence-electron chi connectivity index (χ4n) is 1.82. The van der Waals surface area contributed by atoms with Gasteiger partial charge in [-0.15, -0.1) is 0 Å². The highest BCUT2D eigenvalue weighted by Gasteiger charge is 2.21. The van der Waals surface area contributed by atoms with Crippen LogP contribution >= 0.6 is 11.6 Å². The molecule has 6 nitrogen and oxygen atoms in total. The molecule has 1 aromatic rings. The number of nitro groups is 1. The lowest BCUT2D eigenvalue weighted by Crippen LogP contribution is -2.23. The molecule has 7 heteroatoms. The van der Waals surface area contributed by atoms with Gasteiger partial charge in [-0.2, -0.15) is 0 Å². The highest BCUT2D eigenvalue weighted by atomic mass is 35.5. The number of anilines is 1. The van der Waals surface area contributed by atoms with Crippen molar-refractivity contribution in [1.29, 1.82) is 0 Å². The summed E-state index contributed by atoms with van der Waals surface area (Å²) >= 11 is 5.79. The fraction of sp³-hybridized carbons (Fsp3) is 0.417. The first-order valence-electron chi connectivity index (χ1n) is 5.87. The zero-order chi connectivity index (χ0) is 14.4. The Kier molecular flexibility index (Phi) is 5.57. The zero-order valence-electron chi connectivity index (χ0n) is 10.4. The molecule has 0 amide bonds. The lowest BCUT2D eigenvalue weighted by Gasteiger charge is -2.17. The Morgan fingerprint density at radius 1 is 1.58 bits per heavy atom. The van der Waals surface area contributed by atoms with E-state index in [0.29, 0.717) is 6.42 Å². The number of aliphatic carboxylic acids is 1. The minimum absolute atomic E-state index is 0.0283. The smallest absolute Gasteiger partial charge is 0.310 e. The largest absolute Gasteiger partial charge is 0.481 e. The van der Waals surface area contributed by atoms with Crippen molar-refractivity contribution in [2.45, 2.75) is 32.2 Å². The van der Waals surface area contributed by atoms with Crippen LogP contribution in [0.3, 0.4) is 0 Å². The van der Waals surface area contributed by atoms with E-state index in [1.807, 2.05) is 6.92 Å². The molecule has 0 aromatic heterocycles. The average Bonchev–Trinajstić information content (AvgIpc) is 2.27. The van der Waals surface area contributed by atoms with Gasteiger partial charge in [0.25, 0.3) is 0 Å². The first kappa shape index (κ1) is 15.2. The summed E-state index contributed by atoms with van der Waals surface area (Å²) in [4.78, 5) is 21.2. The molecule has 0 saturated heterocycles. The molecular weight excluding hydrogens is 272 g/mol. The van der Waals surface area contributed by atoms with Gasteiger partial charge in [0.1, 0.15) is 10.7 Å². The number of para-hydroxylation sites is 1. The third kappa shape index (κ3) is 4.40. The van der Waals surface area contributed by atoms with Gasteiger partial charge < -0.3 is 10.4 Å². The monoisotopic (exact) mass is 286 g/mol. The number of carboxylic acids is 1. The van der Waals surface area contributed by atoms with Gasteiger partial charge in [-0.3, -0.25) is 14.9 Å². The molecular formula is C12H15ClN2O4. The second-order valence-corrected chi connectivity index (χ2v) is 4.53. The molecule has 19 heavy (non-hydrogen) atoms. The maximum Gasteiger partial charge on any atom is 0.310 e. The van der Waals surface area contributed by atoms with Crippen LogP contribution in [0.5, 0.6) is 0 Å². The Morgan fingerprint density at radius 2 is 2.26 bits per heavy atom. The van der Waals surface area contributed by atoms with Gasteiger partial charge in [0.2, 0.25) is 0 Å². The molecule has 0 radical (unpaired) electrons. The van der Waals surface area contributed by atoms with E-state index in [1.54, 1.807) is 6.07 Å². The average molecular weight is 287 g/mol. The van der Waals surface area contributed by atoms with Crippen LogP contribution in [0.1, 0.15) is 26.2 Å². The molecule has 104 valence electrons. The molecule has 0 aliphatic heterocycles. The van der Waals surface area contributed by atoms with Crippen LogP contribution in [0.15, 0.2) is 18.2 Å². The van der Waals surface area contributed by atoms with Gasteiger partial charge in [0.15, 0.2) is 0 Å². The van der Waals surface area contributed by atoms with E-state index in [-0.39, 0.29) is 28.9 Å². The summed E-state index contributed by atoms with van der Waals surface area (Å²) in [7, 11) is 0. The SMILES string of the molecule is CCCC(CC(=O)O)Nc1cccc(Cl)c1[N+](=O)[O-]. The van der Waals surface area contributed by atoms with Gasteiger partial charge in [-0.1, -0.05) is 31.0 Å². The predicted octanol–water partition coefficient (Wildman–Crippen LogP) is 3.30. The van der Waals surface area contributed by atoms with Crippen molar-refractivity contribution in [3.8, 4) is 0 Å². The number of rotatable bonds is 7. The van der Waals surface area contributed by atoms with Crippen molar-refractivity contribution in [1.82, 2.24) is 0 Å². The maximum absolute atomic E-state index is 11.0. The number of carbonyl (C=O) groups is 1. The summed E-state index contributed by atoms with van der Waals surface area (Å²) in [5, 5.41) is 22.7. The summed E-state index contributed by atoms with van der Waals surface area (Å²) in [6.07, 6.45) is 1.28. The van der Waals surface area contributed by atoms with Crippen LogP contribution in [-0.2, 0) is 4.79 Å². The molecule has 1 rings (SSSR count). The van der Waals surface area contributed by atoms with Crippen LogP contribution in [0.4, 0.5) is 11.4 Å². The Balaban J connectivity index is 2.98. The van der Waals surface area contributed by atoms with Gasteiger partial charge in [0.05, 0.1) is 11.3 Å². The number of hydrogen-bond acceptors (Lipinski definition) is 4. The molecule has 1 atom stereocenters. The van der Waals surface area contributed by atoms with Crippen molar-refractivity contribution < 1.29 is 14.8 Å². The molecule has 0 heterocycles. The molecule has 0 aliphatic carbocycles. The first-order chi connectivity index (χ1) is 8.95. The van der Waals surface area contributed by atoms with E-state index in [1.165, 1.54) is 12.1 Å². The van der Waals surface area contributed by atoms with Crippen LogP contribution in [0, 0.1) is 10.1 Å². The quantitative estimate of drug-likeness (QED) is 0.592. The van der Waals surface area contributed by atoms with Crippen molar-refractivity contribution in [3.63, 3.8) is 0 Å². The Bertz CT molecular complexity index is 479. The van der Waals surface area contributed by atoms with Crippen molar-refractivity contribution in [2.75, 3.05) is 5.32 Å². The third-order valence-electron chi connectivity index (χ3n) is 2.59. The maximum atomic E-state index is 11.0. The summed E-state index contributed by atoms with van der Waals surface area (Å²) in [5.41, 5.74) is 0.0212. The highest BCUT2D eigenvalue weighted by Crippen LogP contribution is 2.33. The second kappa shape index (κ2) is 6.94. The van der Waals surface area contributed by atoms with E-state index < -0.39 is 10.9 Å². The third-order valence-corrected chi connectivity index (χ3v) is 2.89. The Hall–Kier alpha value is -1.82. The molecule has 0 fully saturated rings. The molecule has 0 saturated carbocycles. The Morgan fingerprint density at radius 3 is 2.79 bits per heavy atom.